The molecule has 0 N–H and O–H groups in total. The van der Waals surface area contributed by atoms with Crippen LogP contribution in [0.25, 0.3) is 0 Å². The average molecular weight is 108 g/mol. The third kappa shape index (κ3) is 0.565. The first-order valence-electron chi connectivity index (χ1n) is 3.04. The van der Waals surface area contributed by atoms with Crippen molar-refractivity contribution in [2.24, 2.45) is 16.1 Å². The van der Waals surface area contributed by atoms with Gasteiger partial charge in [0.2, 0.25) is 0 Å². The van der Waals surface area contributed by atoms with Crippen LogP contribution in [0, 0.1) is 5.92 Å². The van der Waals surface area contributed by atoms with E-state index < -0.39 is 0 Å². The van der Waals surface area contributed by atoms with Crippen LogP contribution in [-0.4, -0.2) is 6.54 Å². The van der Waals surface area contributed by atoms with Crippen molar-refractivity contribution in [3.05, 3.63) is 11.8 Å². The largest absolute Gasteiger partial charge is 0.185 e. The van der Waals surface area contributed by atoms with Gasteiger partial charge in [-0.1, -0.05) is 0 Å². The van der Waals surface area contributed by atoms with E-state index in [0.29, 0.717) is 0 Å². The maximum absolute atomic E-state index is 3.98. The highest BCUT2D eigenvalue weighted by Gasteiger charge is 2.26. The summed E-state index contributed by atoms with van der Waals surface area (Å²) in [6.07, 6.45) is 4.80. The molecule has 2 rings (SSSR count). The number of allylic oxidation sites excluding steroid dienone is 1. The van der Waals surface area contributed by atoms with Crippen LogP contribution in [0.3, 0.4) is 0 Å². The molecule has 1 aliphatic heterocycles. The standard InChI is InChI=1S/C6H8N2/c1-2-5(1)6-3-4-7-8-6/h3,5H,1-2,4H2. The Bertz CT molecular complexity index is 154. The Morgan fingerprint density at radius 2 is 2.38 bits per heavy atom. The molecular weight excluding hydrogens is 100 g/mol. The first kappa shape index (κ1) is 4.24. The van der Waals surface area contributed by atoms with E-state index in [1.54, 1.807) is 0 Å². The molecule has 1 fully saturated rings. The lowest BCUT2D eigenvalue weighted by atomic mass is 10.3. The highest BCUT2D eigenvalue weighted by Crippen LogP contribution is 2.38. The SMILES string of the molecule is C1=C(C2CC2)N=NC1. The van der Waals surface area contributed by atoms with Crippen molar-refractivity contribution in [1.29, 1.82) is 0 Å². The lowest BCUT2D eigenvalue weighted by molar-refractivity contribution is 0.955. The van der Waals surface area contributed by atoms with Crippen molar-refractivity contribution in [3.8, 4) is 0 Å². The number of nitrogens with zero attached hydrogens (tertiary/aromatic N) is 2. The summed E-state index contributed by atoms with van der Waals surface area (Å²) in [6.45, 7) is 0.825. The highest BCUT2D eigenvalue weighted by atomic mass is 15.1. The number of hydrogen-bond donors (Lipinski definition) is 0. The van der Waals surface area contributed by atoms with Crippen LogP contribution in [-0.2, 0) is 0 Å². The van der Waals surface area contributed by atoms with Gasteiger partial charge in [-0.2, -0.15) is 10.2 Å². The Kier molecular flexibility index (Phi) is 0.745. The number of azo groups is 1. The fourth-order valence-corrected chi connectivity index (χ4v) is 0.925. The molecule has 1 heterocycles. The van der Waals surface area contributed by atoms with Gasteiger partial charge in [0.1, 0.15) is 0 Å². The molecule has 0 aromatic carbocycles. The normalized spacial score (nSPS) is 26.2. The zero-order chi connectivity index (χ0) is 5.40. The molecule has 0 atom stereocenters. The van der Waals surface area contributed by atoms with Crippen molar-refractivity contribution in [3.63, 3.8) is 0 Å². The fourth-order valence-electron chi connectivity index (χ4n) is 0.925. The van der Waals surface area contributed by atoms with Gasteiger partial charge in [0.25, 0.3) is 0 Å². The molecule has 1 aliphatic carbocycles. The van der Waals surface area contributed by atoms with Gasteiger partial charge in [0.05, 0.1) is 12.2 Å². The molecule has 0 spiro atoms. The maximum atomic E-state index is 3.98. The van der Waals surface area contributed by atoms with Gasteiger partial charge in [-0.25, -0.2) is 0 Å². The molecule has 2 heteroatoms. The minimum Gasteiger partial charge on any atom is -0.185 e. The van der Waals surface area contributed by atoms with Crippen molar-refractivity contribution in [2.45, 2.75) is 12.8 Å². The van der Waals surface area contributed by atoms with Gasteiger partial charge in [0, 0.05) is 5.92 Å². The molecule has 0 unspecified atom stereocenters. The average Bonchev–Trinajstić information content (AvgIpc) is 2.49. The maximum Gasteiger partial charge on any atom is 0.0805 e. The minimum atomic E-state index is 0.793. The Morgan fingerprint density at radius 3 is 2.88 bits per heavy atom. The molecular formula is C6H8N2. The summed E-state index contributed by atoms with van der Waals surface area (Å²) in [5.74, 6) is 0.793. The van der Waals surface area contributed by atoms with Crippen LogP contribution < -0.4 is 0 Å². The van der Waals surface area contributed by atoms with Crippen LogP contribution in [0.15, 0.2) is 22.0 Å². The Labute approximate surface area is 48.3 Å². The van der Waals surface area contributed by atoms with Gasteiger partial charge in [-0.05, 0) is 18.9 Å². The van der Waals surface area contributed by atoms with Gasteiger partial charge < -0.3 is 0 Å². The third-order valence-electron chi connectivity index (χ3n) is 1.56. The molecule has 2 aliphatic rings. The summed E-state index contributed by atoms with van der Waals surface area (Å²) in [5, 5.41) is 7.84. The molecule has 8 heavy (non-hydrogen) atoms. The van der Waals surface area contributed by atoms with E-state index in [2.05, 4.69) is 16.3 Å². The van der Waals surface area contributed by atoms with Crippen molar-refractivity contribution < 1.29 is 0 Å². The quantitative estimate of drug-likeness (QED) is 0.489. The van der Waals surface area contributed by atoms with E-state index in [-0.39, 0.29) is 0 Å². The second kappa shape index (κ2) is 1.41. The topological polar surface area (TPSA) is 24.7 Å². The predicted octanol–water partition coefficient (Wildman–Crippen LogP) is 1.75. The van der Waals surface area contributed by atoms with Crippen molar-refractivity contribution >= 4 is 0 Å². The van der Waals surface area contributed by atoms with Gasteiger partial charge in [-0.3, -0.25) is 0 Å². The van der Waals surface area contributed by atoms with E-state index >= 15 is 0 Å². The Hall–Kier alpha value is -0.660. The summed E-state index contributed by atoms with van der Waals surface area (Å²) < 4.78 is 0. The van der Waals surface area contributed by atoms with E-state index in [1.807, 2.05) is 0 Å². The number of rotatable bonds is 1. The van der Waals surface area contributed by atoms with E-state index in [9.17, 15) is 0 Å². The second-order valence-electron chi connectivity index (χ2n) is 2.33. The smallest absolute Gasteiger partial charge is 0.0805 e. The van der Waals surface area contributed by atoms with Gasteiger partial charge >= 0.3 is 0 Å². The summed E-state index contributed by atoms with van der Waals surface area (Å²) >= 11 is 0. The minimum absolute atomic E-state index is 0.793. The van der Waals surface area contributed by atoms with Crippen molar-refractivity contribution in [1.82, 2.24) is 0 Å². The summed E-state index contributed by atoms with van der Waals surface area (Å²) in [5.41, 5.74) is 1.24. The first-order valence-corrected chi connectivity index (χ1v) is 3.04. The molecule has 1 saturated carbocycles. The highest BCUT2D eigenvalue weighted by molar-refractivity contribution is 5.13. The molecule has 0 aromatic rings. The molecule has 0 saturated heterocycles. The van der Waals surface area contributed by atoms with Crippen LogP contribution in [0.2, 0.25) is 0 Å². The lowest BCUT2D eigenvalue weighted by Crippen LogP contribution is -1.73. The zero-order valence-electron chi connectivity index (χ0n) is 4.67. The number of hydrogen-bond acceptors (Lipinski definition) is 2. The van der Waals surface area contributed by atoms with E-state index in [0.717, 1.165) is 12.5 Å². The third-order valence-corrected chi connectivity index (χ3v) is 1.56. The monoisotopic (exact) mass is 108 g/mol. The van der Waals surface area contributed by atoms with Crippen LogP contribution >= 0.6 is 0 Å². The van der Waals surface area contributed by atoms with Gasteiger partial charge in [-0.15, -0.1) is 0 Å². The zero-order valence-corrected chi connectivity index (χ0v) is 4.67. The summed E-state index contributed by atoms with van der Waals surface area (Å²) in [4.78, 5) is 0. The van der Waals surface area contributed by atoms with Crippen LogP contribution in [0.4, 0.5) is 0 Å². The molecule has 2 nitrogen and oxygen atoms in total. The lowest BCUT2D eigenvalue weighted by Gasteiger charge is -1.84. The molecule has 0 radical (unpaired) electrons. The summed E-state index contributed by atoms with van der Waals surface area (Å²) in [6, 6.07) is 0. The summed E-state index contributed by atoms with van der Waals surface area (Å²) in [7, 11) is 0. The van der Waals surface area contributed by atoms with E-state index in [4.69, 9.17) is 0 Å². The van der Waals surface area contributed by atoms with Crippen LogP contribution in [0.1, 0.15) is 12.8 Å². The van der Waals surface area contributed by atoms with Crippen LogP contribution in [0.5, 0.6) is 0 Å². The second-order valence-corrected chi connectivity index (χ2v) is 2.33. The molecule has 0 amide bonds. The first-order chi connectivity index (χ1) is 3.97. The molecule has 0 aromatic heterocycles. The van der Waals surface area contributed by atoms with E-state index in [1.165, 1.54) is 18.5 Å². The Morgan fingerprint density at radius 1 is 1.50 bits per heavy atom. The predicted molar refractivity (Wildman–Crippen MR) is 30.5 cm³/mol. The molecule has 0 bridgehead atoms. The Balaban J connectivity index is 2.13. The van der Waals surface area contributed by atoms with Crippen molar-refractivity contribution in [2.75, 3.05) is 6.54 Å². The van der Waals surface area contributed by atoms with Gasteiger partial charge in [0.15, 0.2) is 0 Å². The fraction of sp³-hybridized carbons (Fsp3) is 0.667. The molecule has 42 valence electrons.